The Balaban J connectivity index is 1.72. The van der Waals surface area contributed by atoms with Crippen LogP contribution in [0.1, 0.15) is 37.1 Å². The highest BCUT2D eigenvalue weighted by atomic mass is 32.1. The fourth-order valence-corrected chi connectivity index (χ4v) is 3.13. The van der Waals surface area contributed by atoms with Crippen molar-refractivity contribution in [1.29, 1.82) is 0 Å². The third-order valence-electron chi connectivity index (χ3n) is 3.96. The lowest BCUT2D eigenvalue weighted by atomic mass is 10.1. The number of aryl methyl sites for hydroxylation is 1. The van der Waals surface area contributed by atoms with Crippen LogP contribution >= 0.6 is 11.3 Å². The standard InChI is InChI=1S/C16H19N3O3S/c1-10-4-3-5-13(20)19(10)9-16(2,22)14(21)18-15-17-12(8-23-15)11-6-7-11/h3-5,8,11,22H,6-7,9H2,1-2H3,(H,17,18,21)/t16-/m1/s1. The molecule has 6 nitrogen and oxygen atoms in total. The third kappa shape index (κ3) is 3.51. The van der Waals surface area contributed by atoms with Crippen LogP contribution in [-0.2, 0) is 11.3 Å². The number of thiazole rings is 1. The summed E-state index contributed by atoms with van der Waals surface area (Å²) >= 11 is 1.35. The van der Waals surface area contributed by atoms with E-state index in [0.29, 0.717) is 16.7 Å². The molecule has 0 bridgehead atoms. The summed E-state index contributed by atoms with van der Waals surface area (Å²) in [7, 11) is 0. The molecule has 1 aliphatic carbocycles. The molecule has 2 aromatic heterocycles. The molecule has 2 heterocycles. The molecular formula is C16H19N3O3S. The van der Waals surface area contributed by atoms with Crippen molar-refractivity contribution >= 4 is 22.4 Å². The number of carbonyl (C=O) groups excluding carboxylic acids is 1. The van der Waals surface area contributed by atoms with Crippen LogP contribution in [0.15, 0.2) is 28.4 Å². The molecule has 0 aliphatic heterocycles. The minimum absolute atomic E-state index is 0.106. The van der Waals surface area contributed by atoms with E-state index in [4.69, 9.17) is 0 Å². The monoisotopic (exact) mass is 333 g/mol. The number of rotatable bonds is 5. The summed E-state index contributed by atoms with van der Waals surface area (Å²) in [6, 6.07) is 4.82. The van der Waals surface area contributed by atoms with E-state index in [1.54, 1.807) is 19.1 Å². The zero-order valence-electron chi connectivity index (χ0n) is 13.1. The molecule has 1 atom stereocenters. The Kier molecular flexibility index (Phi) is 4.08. The van der Waals surface area contributed by atoms with Crippen LogP contribution in [0.2, 0.25) is 0 Å². The van der Waals surface area contributed by atoms with Gasteiger partial charge < -0.3 is 9.67 Å². The van der Waals surface area contributed by atoms with Crippen LogP contribution < -0.4 is 10.9 Å². The van der Waals surface area contributed by atoms with Crippen molar-refractivity contribution in [2.24, 2.45) is 0 Å². The van der Waals surface area contributed by atoms with Gasteiger partial charge in [-0.3, -0.25) is 14.9 Å². The van der Waals surface area contributed by atoms with Crippen molar-refractivity contribution in [3.05, 3.63) is 45.3 Å². The van der Waals surface area contributed by atoms with Gasteiger partial charge in [-0.2, -0.15) is 0 Å². The minimum Gasteiger partial charge on any atom is -0.378 e. The maximum absolute atomic E-state index is 12.3. The predicted octanol–water partition coefficient (Wildman–Crippen LogP) is 1.88. The number of hydrogen-bond donors (Lipinski definition) is 2. The number of anilines is 1. The van der Waals surface area contributed by atoms with Gasteiger partial charge in [-0.15, -0.1) is 11.3 Å². The Labute approximate surface area is 137 Å². The predicted molar refractivity (Wildman–Crippen MR) is 88.8 cm³/mol. The van der Waals surface area contributed by atoms with Gasteiger partial charge >= 0.3 is 0 Å². The van der Waals surface area contributed by atoms with Gasteiger partial charge in [-0.05, 0) is 32.8 Å². The number of hydrogen-bond acceptors (Lipinski definition) is 5. The molecule has 23 heavy (non-hydrogen) atoms. The number of amides is 1. The molecule has 3 rings (SSSR count). The van der Waals surface area contributed by atoms with Gasteiger partial charge in [0.05, 0.1) is 12.2 Å². The number of nitrogens with zero attached hydrogens (tertiary/aromatic N) is 2. The molecule has 1 saturated carbocycles. The number of carbonyl (C=O) groups is 1. The van der Waals surface area contributed by atoms with Crippen molar-refractivity contribution in [2.45, 2.75) is 44.8 Å². The lowest BCUT2D eigenvalue weighted by Gasteiger charge is -2.23. The third-order valence-corrected chi connectivity index (χ3v) is 4.74. The summed E-state index contributed by atoms with van der Waals surface area (Å²) in [6.07, 6.45) is 2.29. The van der Waals surface area contributed by atoms with E-state index in [2.05, 4.69) is 10.3 Å². The molecule has 1 fully saturated rings. The second kappa shape index (κ2) is 5.90. The molecule has 1 aliphatic rings. The Hall–Kier alpha value is -1.99. The first-order chi connectivity index (χ1) is 10.9. The summed E-state index contributed by atoms with van der Waals surface area (Å²) in [5.41, 5.74) is -0.263. The van der Waals surface area contributed by atoms with Gasteiger partial charge in [-0.25, -0.2) is 4.98 Å². The first-order valence-electron chi connectivity index (χ1n) is 7.52. The van der Waals surface area contributed by atoms with Crippen LogP contribution in [0.4, 0.5) is 5.13 Å². The van der Waals surface area contributed by atoms with Crippen molar-refractivity contribution in [3.63, 3.8) is 0 Å². The quantitative estimate of drug-likeness (QED) is 0.875. The molecule has 0 radical (unpaired) electrons. The molecule has 1 amide bonds. The van der Waals surface area contributed by atoms with E-state index >= 15 is 0 Å². The number of aromatic nitrogens is 2. The minimum atomic E-state index is -1.71. The van der Waals surface area contributed by atoms with Crippen LogP contribution in [0.3, 0.4) is 0 Å². The highest BCUT2D eigenvalue weighted by Gasteiger charge is 2.33. The van der Waals surface area contributed by atoms with E-state index in [9.17, 15) is 14.7 Å². The van der Waals surface area contributed by atoms with Crippen molar-refractivity contribution < 1.29 is 9.90 Å². The van der Waals surface area contributed by atoms with Crippen LogP contribution in [-0.4, -0.2) is 26.2 Å². The molecule has 2 N–H and O–H groups in total. The first-order valence-corrected chi connectivity index (χ1v) is 8.40. The average molecular weight is 333 g/mol. The fraction of sp³-hybridized carbons (Fsp3) is 0.438. The zero-order valence-corrected chi connectivity index (χ0v) is 13.9. The van der Waals surface area contributed by atoms with E-state index in [1.807, 2.05) is 5.38 Å². The molecular weight excluding hydrogens is 314 g/mol. The van der Waals surface area contributed by atoms with Gasteiger partial charge in [0, 0.05) is 23.1 Å². The number of nitrogens with one attached hydrogen (secondary N) is 1. The van der Waals surface area contributed by atoms with Gasteiger partial charge in [0.25, 0.3) is 11.5 Å². The Morgan fingerprint density at radius 1 is 1.52 bits per heavy atom. The fourth-order valence-electron chi connectivity index (χ4n) is 2.35. The molecule has 0 unspecified atom stereocenters. The Bertz CT molecular complexity index is 790. The van der Waals surface area contributed by atoms with Gasteiger partial charge in [-0.1, -0.05) is 6.07 Å². The van der Waals surface area contributed by atoms with Gasteiger partial charge in [0.1, 0.15) is 0 Å². The van der Waals surface area contributed by atoms with Crippen molar-refractivity contribution in [3.8, 4) is 0 Å². The summed E-state index contributed by atoms with van der Waals surface area (Å²) in [5, 5.41) is 15.5. The van der Waals surface area contributed by atoms with Crippen molar-refractivity contribution in [1.82, 2.24) is 9.55 Å². The van der Waals surface area contributed by atoms with Crippen LogP contribution in [0, 0.1) is 6.92 Å². The molecule has 0 spiro atoms. The largest absolute Gasteiger partial charge is 0.378 e. The summed E-state index contributed by atoms with van der Waals surface area (Å²) in [5.74, 6) is -0.0488. The maximum atomic E-state index is 12.3. The second-order valence-electron chi connectivity index (χ2n) is 6.17. The summed E-state index contributed by atoms with van der Waals surface area (Å²) in [4.78, 5) is 28.6. The van der Waals surface area contributed by atoms with Crippen LogP contribution in [0.5, 0.6) is 0 Å². The molecule has 2 aromatic rings. The Morgan fingerprint density at radius 2 is 2.26 bits per heavy atom. The zero-order chi connectivity index (χ0) is 16.6. The van der Waals surface area contributed by atoms with Gasteiger partial charge in [0.2, 0.25) is 0 Å². The topological polar surface area (TPSA) is 84.2 Å². The lowest BCUT2D eigenvalue weighted by Crippen LogP contribution is -2.46. The highest BCUT2D eigenvalue weighted by molar-refractivity contribution is 7.14. The average Bonchev–Trinajstić information content (AvgIpc) is 3.23. The molecule has 7 heteroatoms. The van der Waals surface area contributed by atoms with Crippen LogP contribution in [0.25, 0.3) is 0 Å². The molecule has 122 valence electrons. The van der Waals surface area contributed by atoms with E-state index < -0.39 is 11.5 Å². The van der Waals surface area contributed by atoms with Crippen molar-refractivity contribution in [2.75, 3.05) is 5.32 Å². The maximum Gasteiger partial charge on any atom is 0.259 e. The SMILES string of the molecule is Cc1cccc(=O)n1C[C@@](C)(O)C(=O)Nc1nc(C2CC2)cs1. The number of aliphatic hydroxyl groups is 1. The smallest absolute Gasteiger partial charge is 0.259 e. The molecule has 0 aromatic carbocycles. The van der Waals surface area contributed by atoms with E-state index in [0.717, 1.165) is 18.5 Å². The van der Waals surface area contributed by atoms with Gasteiger partial charge in [0.15, 0.2) is 10.7 Å². The number of pyridine rings is 1. The first kappa shape index (κ1) is 15.9. The Morgan fingerprint density at radius 3 is 2.91 bits per heavy atom. The molecule has 0 saturated heterocycles. The lowest BCUT2D eigenvalue weighted by molar-refractivity contribution is -0.133. The van der Waals surface area contributed by atoms with E-state index in [-0.39, 0.29) is 12.1 Å². The normalized spacial score (nSPS) is 16.8. The summed E-state index contributed by atoms with van der Waals surface area (Å²) < 4.78 is 1.39. The summed E-state index contributed by atoms with van der Waals surface area (Å²) in [6.45, 7) is 3.06. The van der Waals surface area contributed by atoms with E-state index in [1.165, 1.54) is 28.9 Å². The second-order valence-corrected chi connectivity index (χ2v) is 7.03. The highest BCUT2D eigenvalue weighted by Crippen LogP contribution is 2.40.